The number of rotatable bonds is 5. The molecule has 0 bridgehead atoms. The van der Waals surface area contributed by atoms with E-state index < -0.39 is 23.0 Å². The van der Waals surface area contributed by atoms with E-state index in [1.807, 2.05) is 4.90 Å². The van der Waals surface area contributed by atoms with Crippen LogP contribution in [0.1, 0.15) is 24.1 Å². The number of nitrogens with one attached hydrogen (secondary N) is 1. The van der Waals surface area contributed by atoms with Gasteiger partial charge < -0.3 is 21.7 Å². The first kappa shape index (κ1) is 24.5. The number of hydrogen-bond acceptors (Lipinski definition) is 7. The third-order valence-corrected chi connectivity index (χ3v) is 6.70. The largest absolute Gasteiger partial charge is 0.381 e. The van der Waals surface area contributed by atoms with Crippen molar-refractivity contribution in [3.05, 3.63) is 71.7 Å². The quantitative estimate of drug-likeness (QED) is 0.352. The summed E-state index contributed by atoms with van der Waals surface area (Å²) in [7, 11) is 1.54. The van der Waals surface area contributed by atoms with Crippen LogP contribution in [0.4, 0.5) is 24.7 Å². The van der Waals surface area contributed by atoms with Crippen molar-refractivity contribution >= 4 is 23.1 Å². The topological polar surface area (TPSA) is 127 Å². The number of halogens is 3. The zero-order valence-electron chi connectivity index (χ0n) is 20.0. The highest BCUT2D eigenvalue weighted by molar-refractivity contribution is 5.87. The van der Waals surface area contributed by atoms with E-state index in [4.69, 9.17) is 11.5 Å². The molecule has 0 aliphatic carbocycles. The number of pyridine rings is 1. The number of aromatic nitrogens is 4. The lowest BCUT2D eigenvalue weighted by Crippen LogP contribution is -2.62. The van der Waals surface area contributed by atoms with Gasteiger partial charge in [0.05, 0.1) is 17.6 Å². The maximum atomic E-state index is 14.6. The molecule has 1 amide bonds. The van der Waals surface area contributed by atoms with Gasteiger partial charge in [-0.05, 0) is 30.5 Å². The van der Waals surface area contributed by atoms with Crippen molar-refractivity contribution in [1.82, 2.24) is 24.7 Å². The zero-order chi connectivity index (χ0) is 26.3. The molecule has 1 saturated heterocycles. The number of nitrogens with zero attached hydrogens (tertiary/aromatic N) is 5. The molecule has 192 valence electrons. The minimum atomic E-state index is -1.28. The lowest BCUT2D eigenvalue weighted by atomic mass is 9.88. The number of benzene rings is 1. The van der Waals surface area contributed by atoms with Gasteiger partial charge in [0.2, 0.25) is 5.91 Å². The Morgan fingerprint density at radius 1 is 1.11 bits per heavy atom. The number of amides is 1. The smallest absolute Gasteiger partial charge is 0.241 e. The van der Waals surface area contributed by atoms with E-state index in [-0.39, 0.29) is 29.5 Å². The second-order valence-corrected chi connectivity index (χ2v) is 9.14. The Morgan fingerprint density at radius 2 is 1.89 bits per heavy atom. The fourth-order valence-electron chi connectivity index (χ4n) is 4.82. The van der Waals surface area contributed by atoms with Crippen LogP contribution in [0.15, 0.2) is 43.0 Å². The first-order valence-corrected chi connectivity index (χ1v) is 11.7. The predicted octanol–water partition coefficient (Wildman–Crippen LogP) is 2.43. The molecule has 4 aromatic rings. The molecule has 0 spiro atoms. The molecular weight excluding hydrogens is 485 g/mol. The van der Waals surface area contributed by atoms with Gasteiger partial charge in [0, 0.05) is 62.5 Å². The van der Waals surface area contributed by atoms with Gasteiger partial charge >= 0.3 is 0 Å². The van der Waals surface area contributed by atoms with E-state index in [1.54, 1.807) is 42.3 Å². The molecule has 3 aromatic heterocycles. The molecule has 1 unspecified atom stereocenters. The number of hydrogen-bond donors (Lipinski definition) is 3. The normalized spacial score (nSPS) is 17.8. The van der Waals surface area contributed by atoms with E-state index in [9.17, 15) is 18.0 Å². The molecule has 0 saturated carbocycles. The van der Waals surface area contributed by atoms with Gasteiger partial charge in [0.1, 0.15) is 11.4 Å². The van der Waals surface area contributed by atoms with Gasteiger partial charge in [-0.25, -0.2) is 23.1 Å². The Hall–Kier alpha value is -4.19. The van der Waals surface area contributed by atoms with Crippen molar-refractivity contribution in [3.8, 4) is 11.3 Å². The number of likely N-dealkylation sites (N-methyl/N-ethyl adjacent to an activating group) is 1. The molecule has 9 nitrogen and oxygen atoms in total. The average molecular weight is 511 g/mol. The van der Waals surface area contributed by atoms with Gasteiger partial charge in [-0.2, -0.15) is 0 Å². The summed E-state index contributed by atoms with van der Waals surface area (Å²) in [6, 6.07) is 2.91. The molecule has 37 heavy (non-hydrogen) atoms. The van der Waals surface area contributed by atoms with Gasteiger partial charge in [-0.15, -0.1) is 0 Å². The van der Waals surface area contributed by atoms with Crippen molar-refractivity contribution < 1.29 is 18.0 Å². The van der Waals surface area contributed by atoms with Crippen LogP contribution in [0.3, 0.4) is 0 Å². The van der Waals surface area contributed by atoms with Crippen molar-refractivity contribution in [2.24, 2.45) is 5.73 Å². The SMILES string of the molecule is CNC(=O)C1(N)CCCN(c2cnc(-c3cc(F)c(F)cc3F)cc2Cc2cnc3c(N)nccn23)C1. The summed E-state index contributed by atoms with van der Waals surface area (Å²) in [6.45, 7) is 0.859. The second-order valence-electron chi connectivity index (χ2n) is 9.14. The summed E-state index contributed by atoms with van der Waals surface area (Å²) >= 11 is 0. The molecule has 1 atom stereocenters. The summed E-state index contributed by atoms with van der Waals surface area (Å²) in [4.78, 5) is 27.2. The third-order valence-electron chi connectivity index (χ3n) is 6.70. The number of piperidine rings is 1. The third kappa shape index (κ3) is 4.44. The molecule has 5 rings (SSSR count). The molecular formula is C25H25F3N8O. The number of carbonyl (C=O) groups excluding carboxylic acids is 1. The van der Waals surface area contributed by atoms with Crippen LogP contribution in [-0.4, -0.2) is 50.9 Å². The average Bonchev–Trinajstić information content (AvgIpc) is 3.29. The van der Waals surface area contributed by atoms with Gasteiger partial charge in [-0.3, -0.25) is 14.2 Å². The van der Waals surface area contributed by atoms with Gasteiger partial charge in [0.25, 0.3) is 0 Å². The minimum Gasteiger partial charge on any atom is -0.381 e. The number of fused-ring (bicyclic) bond motifs is 1. The number of nitrogen functional groups attached to an aromatic ring is 1. The van der Waals surface area contributed by atoms with Crippen LogP contribution in [0.5, 0.6) is 0 Å². The molecule has 1 aromatic carbocycles. The molecule has 1 fully saturated rings. The van der Waals surface area contributed by atoms with E-state index in [2.05, 4.69) is 20.3 Å². The summed E-state index contributed by atoms with van der Waals surface area (Å²) in [5.41, 5.74) is 13.9. The van der Waals surface area contributed by atoms with Gasteiger partial charge in [0.15, 0.2) is 23.1 Å². The van der Waals surface area contributed by atoms with Crippen molar-refractivity contribution in [2.45, 2.75) is 24.8 Å². The maximum absolute atomic E-state index is 14.6. The summed E-state index contributed by atoms with van der Waals surface area (Å²) in [6.07, 6.45) is 7.98. The minimum absolute atomic E-state index is 0.132. The Morgan fingerprint density at radius 3 is 2.68 bits per heavy atom. The number of anilines is 2. The fourth-order valence-corrected chi connectivity index (χ4v) is 4.82. The molecule has 5 N–H and O–H groups in total. The van der Waals surface area contributed by atoms with Crippen LogP contribution in [-0.2, 0) is 11.2 Å². The first-order chi connectivity index (χ1) is 17.7. The molecule has 12 heteroatoms. The van der Waals surface area contributed by atoms with E-state index >= 15 is 0 Å². The van der Waals surface area contributed by atoms with Crippen LogP contribution in [0.2, 0.25) is 0 Å². The molecule has 1 aliphatic heterocycles. The number of imidazole rings is 1. The first-order valence-electron chi connectivity index (χ1n) is 11.7. The van der Waals surface area contributed by atoms with E-state index in [0.29, 0.717) is 48.8 Å². The molecule has 0 radical (unpaired) electrons. The van der Waals surface area contributed by atoms with Crippen molar-refractivity contribution in [3.63, 3.8) is 0 Å². The summed E-state index contributed by atoms with van der Waals surface area (Å²) < 4.78 is 43.9. The van der Waals surface area contributed by atoms with E-state index in [0.717, 1.165) is 11.8 Å². The fraction of sp³-hybridized carbons (Fsp3) is 0.280. The predicted molar refractivity (Wildman–Crippen MR) is 132 cm³/mol. The molecule has 1 aliphatic rings. The van der Waals surface area contributed by atoms with E-state index in [1.165, 1.54) is 0 Å². The van der Waals surface area contributed by atoms with Crippen molar-refractivity contribution in [2.75, 3.05) is 30.8 Å². The Bertz CT molecular complexity index is 1510. The molecule has 4 heterocycles. The van der Waals surface area contributed by atoms with Crippen LogP contribution >= 0.6 is 0 Å². The van der Waals surface area contributed by atoms with Crippen LogP contribution in [0.25, 0.3) is 16.9 Å². The van der Waals surface area contributed by atoms with Crippen LogP contribution in [0, 0.1) is 17.5 Å². The summed E-state index contributed by atoms with van der Waals surface area (Å²) in [5.74, 6) is -3.39. The Kier molecular flexibility index (Phi) is 6.20. The highest BCUT2D eigenvalue weighted by atomic mass is 19.2. The van der Waals surface area contributed by atoms with Gasteiger partial charge in [-0.1, -0.05) is 0 Å². The highest BCUT2D eigenvalue weighted by Crippen LogP contribution is 2.33. The lowest BCUT2D eigenvalue weighted by molar-refractivity contribution is -0.126. The monoisotopic (exact) mass is 510 g/mol. The second kappa shape index (κ2) is 9.36. The maximum Gasteiger partial charge on any atom is 0.241 e. The lowest BCUT2D eigenvalue weighted by Gasteiger charge is -2.40. The Labute approximate surface area is 210 Å². The highest BCUT2D eigenvalue weighted by Gasteiger charge is 2.38. The standard InChI is InChI=1S/C25H25F3N8O/c1-31-24(37)25(30)3-2-5-35(13-25)21-12-33-20(16-9-18(27)19(28)10-17(16)26)8-14(21)7-15-11-34-23-22(29)32-4-6-36(15)23/h4,6,8-12H,2-3,5,7,13,30H2,1H3,(H2,29,32)(H,31,37). The summed E-state index contributed by atoms with van der Waals surface area (Å²) in [5, 5.41) is 2.63. The van der Waals surface area contributed by atoms with Crippen LogP contribution < -0.4 is 21.7 Å². The Balaban J connectivity index is 1.61. The van der Waals surface area contributed by atoms with Crippen molar-refractivity contribution in [1.29, 1.82) is 0 Å². The zero-order valence-corrected chi connectivity index (χ0v) is 20.0. The number of carbonyl (C=O) groups is 1. The number of nitrogens with two attached hydrogens (primary N) is 2.